The molecule has 0 aliphatic rings. The van der Waals surface area contributed by atoms with Gasteiger partial charge in [0.15, 0.2) is 5.13 Å². The third-order valence-corrected chi connectivity index (χ3v) is 5.13. The molecule has 0 radical (unpaired) electrons. The molecule has 0 atom stereocenters. The lowest BCUT2D eigenvalue weighted by Crippen LogP contribution is -2.16. The maximum Gasteiger partial charge on any atom is 0.276 e. The summed E-state index contributed by atoms with van der Waals surface area (Å²) in [5.74, 6) is -0.272. The number of nitrogens with zero attached hydrogens (tertiary/aromatic N) is 5. The maximum atomic E-state index is 12.8. The molecule has 4 aromatic rings. The number of thiazole rings is 1. The van der Waals surface area contributed by atoms with E-state index in [0.29, 0.717) is 10.8 Å². The van der Waals surface area contributed by atoms with Gasteiger partial charge in [0.05, 0.1) is 30.1 Å². The molecule has 4 heterocycles. The van der Waals surface area contributed by atoms with Gasteiger partial charge in [0.25, 0.3) is 5.91 Å². The van der Waals surface area contributed by atoms with Crippen molar-refractivity contribution >= 4 is 22.4 Å². The van der Waals surface area contributed by atoms with E-state index in [1.807, 2.05) is 30.3 Å². The zero-order valence-corrected chi connectivity index (χ0v) is 16.1. The van der Waals surface area contributed by atoms with Gasteiger partial charge in [-0.1, -0.05) is 19.4 Å². The molecule has 140 valence electrons. The molecular weight excluding hydrogens is 372 g/mol. The molecule has 0 unspecified atom stereocenters. The fourth-order valence-corrected chi connectivity index (χ4v) is 3.90. The second-order valence-corrected chi connectivity index (χ2v) is 7.15. The van der Waals surface area contributed by atoms with Gasteiger partial charge < -0.3 is 0 Å². The minimum Gasteiger partial charge on any atom is -0.296 e. The molecule has 8 heteroatoms. The van der Waals surface area contributed by atoms with Gasteiger partial charge >= 0.3 is 0 Å². The van der Waals surface area contributed by atoms with Crippen molar-refractivity contribution in [2.75, 3.05) is 5.32 Å². The topological polar surface area (TPSA) is 85.6 Å². The first kappa shape index (κ1) is 18.0. The monoisotopic (exact) mass is 390 g/mol. The van der Waals surface area contributed by atoms with Gasteiger partial charge in [0.2, 0.25) is 0 Å². The summed E-state index contributed by atoms with van der Waals surface area (Å²) >= 11 is 1.48. The fraction of sp³-hybridized carbons (Fsp3) is 0.150. The number of carbonyl (C=O) groups is 1. The van der Waals surface area contributed by atoms with Crippen LogP contribution < -0.4 is 5.32 Å². The third kappa shape index (κ3) is 3.67. The summed E-state index contributed by atoms with van der Waals surface area (Å²) in [6.07, 6.45) is 10.1. The van der Waals surface area contributed by atoms with Gasteiger partial charge in [-0.05, 0) is 30.7 Å². The van der Waals surface area contributed by atoms with Crippen LogP contribution in [0.3, 0.4) is 0 Å². The Bertz CT molecular complexity index is 1070. The lowest BCUT2D eigenvalue weighted by Gasteiger charge is -2.06. The van der Waals surface area contributed by atoms with Crippen molar-refractivity contribution in [2.24, 2.45) is 0 Å². The molecule has 1 N–H and O–H groups in total. The van der Waals surface area contributed by atoms with E-state index in [4.69, 9.17) is 0 Å². The highest BCUT2D eigenvalue weighted by atomic mass is 32.1. The Hall–Kier alpha value is -3.39. The Morgan fingerprint density at radius 3 is 2.82 bits per heavy atom. The molecule has 28 heavy (non-hydrogen) atoms. The molecule has 7 nitrogen and oxygen atoms in total. The highest BCUT2D eigenvalue weighted by Gasteiger charge is 2.18. The number of imidazole rings is 1. The number of pyridine rings is 2. The Labute approximate surface area is 166 Å². The second-order valence-electron chi connectivity index (χ2n) is 6.07. The molecular formula is C20H18N6OS. The van der Waals surface area contributed by atoms with Gasteiger partial charge in [-0.25, -0.2) is 9.97 Å². The number of rotatable bonds is 6. The second kappa shape index (κ2) is 8.10. The molecule has 0 spiro atoms. The van der Waals surface area contributed by atoms with E-state index in [0.717, 1.165) is 34.8 Å². The zero-order valence-electron chi connectivity index (χ0n) is 15.2. The van der Waals surface area contributed by atoms with E-state index in [1.54, 1.807) is 29.5 Å². The van der Waals surface area contributed by atoms with Crippen LogP contribution in [0.25, 0.3) is 17.1 Å². The molecule has 0 bridgehead atoms. The number of hydrogen-bond acceptors (Lipinski definition) is 6. The molecule has 0 aromatic carbocycles. The number of anilines is 1. The van der Waals surface area contributed by atoms with Gasteiger partial charge in [0, 0.05) is 17.3 Å². The normalized spacial score (nSPS) is 10.8. The van der Waals surface area contributed by atoms with Crippen LogP contribution in [0.1, 0.15) is 28.7 Å². The van der Waals surface area contributed by atoms with E-state index < -0.39 is 0 Å². The quantitative estimate of drug-likeness (QED) is 0.538. The third-order valence-electron chi connectivity index (χ3n) is 4.10. The first-order valence-corrected chi connectivity index (χ1v) is 9.73. The van der Waals surface area contributed by atoms with Crippen LogP contribution in [0.15, 0.2) is 61.4 Å². The zero-order chi connectivity index (χ0) is 19.3. The summed E-state index contributed by atoms with van der Waals surface area (Å²) in [5, 5.41) is 3.45. The van der Waals surface area contributed by atoms with E-state index >= 15 is 0 Å². The van der Waals surface area contributed by atoms with E-state index in [1.165, 1.54) is 17.5 Å². The molecule has 0 saturated carbocycles. The van der Waals surface area contributed by atoms with Crippen molar-refractivity contribution in [3.8, 4) is 17.1 Å². The molecule has 4 rings (SSSR count). The van der Waals surface area contributed by atoms with Crippen LogP contribution in [0, 0.1) is 0 Å². The number of aryl methyl sites for hydroxylation is 1. The minimum atomic E-state index is -0.272. The predicted molar refractivity (Wildman–Crippen MR) is 109 cm³/mol. The average Bonchev–Trinajstić information content (AvgIpc) is 3.37. The molecule has 0 aliphatic carbocycles. The molecule has 4 aromatic heterocycles. The lowest BCUT2D eigenvalue weighted by molar-refractivity contribution is 0.102. The molecule has 0 saturated heterocycles. The Morgan fingerprint density at radius 1 is 1.14 bits per heavy atom. The first-order chi connectivity index (χ1) is 13.8. The van der Waals surface area contributed by atoms with E-state index in [2.05, 4.69) is 32.2 Å². The highest BCUT2D eigenvalue weighted by Crippen LogP contribution is 2.31. The van der Waals surface area contributed by atoms with Crippen LogP contribution in [0.2, 0.25) is 0 Å². The van der Waals surface area contributed by atoms with Crippen molar-refractivity contribution in [2.45, 2.75) is 19.8 Å². The Balaban J connectivity index is 1.62. The molecule has 0 aliphatic heterocycles. The fourth-order valence-electron chi connectivity index (χ4n) is 2.83. The molecule has 1 amide bonds. The van der Waals surface area contributed by atoms with Crippen LogP contribution in [0.5, 0.6) is 0 Å². The molecule has 0 fully saturated rings. The SMILES string of the molecule is CCCc1sc(NC(=O)c2cncn2-c2cccnc2)nc1-c1ccccn1. The van der Waals surface area contributed by atoms with Crippen molar-refractivity contribution in [1.82, 2.24) is 24.5 Å². The van der Waals surface area contributed by atoms with Crippen molar-refractivity contribution in [1.29, 1.82) is 0 Å². The number of amides is 1. The average molecular weight is 390 g/mol. The smallest absolute Gasteiger partial charge is 0.276 e. The van der Waals surface area contributed by atoms with E-state index in [9.17, 15) is 4.79 Å². The number of nitrogens with one attached hydrogen (secondary N) is 1. The maximum absolute atomic E-state index is 12.8. The van der Waals surface area contributed by atoms with Crippen molar-refractivity contribution in [3.05, 3.63) is 72.0 Å². The van der Waals surface area contributed by atoms with Gasteiger partial charge in [0.1, 0.15) is 11.4 Å². The van der Waals surface area contributed by atoms with Gasteiger partial charge in [-0.3, -0.25) is 24.6 Å². The van der Waals surface area contributed by atoms with E-state index in [-0.39, 0.29) is 5.91 Å². The lowest BCUT2D eigenvalue weighted by atomic mass is 10.2. The largest absolute Gasteiger partial charge is 0.296 e. The van der Waals surface area contributed by atoms with Crippen molar-refractivity contribution in [3.63, 3.8) is 0 Å². The first-order valence-electron chi connectivity index (χ1n) is 8.91. The van der Waals surface area contributed by atoms with Gasteiger partial charge in [-0.15, -0.1) is 11.3 Å². The van der Waals surface area contributed by atoms with Crippen molar-refractivity contribution < 1.29 is 4.79 Å². The standard InChI is InChI=1S/C20H18N6OS/c1-2-6-17-18(15-8-3-4-10-23-15)24-20(28-17)25-19(27)16-12-22-13-26(16)14-7-5-9-21-11-14/h3-5,7-13H,2,6H2,1H3,(H,24,25,27). The van der Waals surface area contributed by atoms with Gasteiger partial charge in [-0.2, -0.15) is 0 Å². The summed E-state index contributed by atoms with van der Waals surface area (Å²) in [4.78, 5) is 31.2. The number of hydrogen-bond donors (Lipinski definition) is 1. The van der Waals surface area contributed by atoms with Crippen LogP contribution >= 0.6 is 11.3 Å². The number of aromatic nitrogens is 5. The summed E-state index contributed by atoms with van der Waals surface area (Å²) < 4.78 is 1.70. The summed E-state index contributed by atoms with van der Waals surface area (Å²) in [5.41, 5.74) is 2.82. The summed E-state index contributed by atoms with van der Waals surface area (Å²) in [6, 6.07) is 9.42. The summed E-state index contributed by atoms with van der Waals surface area (Å²) in [7, 11) is 0. The Kier molecular flexibility index (Phi) is 5.20. The summed E-state index contributed by atoms with van der Waals surface area (Å²) in [6.45, 7) is 2.12. The Morgan fingerprint density at radius 2 is 2.07 bits per heavy atom. The van der Waals surface area contributed by atoms with Crippen LogP contribution in [-0.4, -0.2) is 30.4 Å². The predicted octanol–water partition coefficient (Wildman–Crippen LogP) is 3.99. The van der Waals surface area contributed by atoms with Crippen LogP contribution in [-0.2, 0) is 6.42 Å². The number of carbonyl (C=O) groups excluding carboxylic acids is 1. The van der Waals surface area contributed by atoms with Crippen LogP contribution in [0.4, 0.5) is 5.13 Å². The minimum absolute atomic E-state index is 0.272. The highest BCUT2D eigenvalue weighted by molar-refractivity contribution is 7.16.